The Kier molecular flexibility index (Phi) is 5.02. The van der Waals surface area contributed by atoms with Gasteiger partial charge in [-0.05, 0) is 23.6 Å². The normalized spacial score (nSPS) is 10.5. The molecule has 0 saturated heterocycles. The fourth-order valence-electron chi connectivity index (χ4n) is 1.81. The van der Waals surface area contributed by atoms with E-state index in [4.69, 9.17) is 13.7 Å². The number of hydrogen-bond acceptors (Lipinski definition) is 8. The predicted octanol–water partition coefficient (Wildman–Crippen LogP) is 2.25. The molecule has 0 spiro atoms. The number of carbonyl (C=O) groups is 2. The van der Waals surface area contributed by atoms with Crippen molar-refractivity contribution < 1.29 is 23.3 Å². The molecule has 1 amide bonds. The van der Waals surface area contributed by atoms with E-state index >= 15 is 0 Å². The highest BCUT2D eigenvalue weighted by Crippen LogP contribution is 2.18. The summed E-state index contributed by atoms with van der Waals surface area (Å²) in [6.07, 6.45) is 1.43. The maximum absolute atomic E-state index is 11.6. The van der Waals surface area contributed by atoms with E-state index in [1.807, 2.05) is 16.8 Å². The summed E-state index contributed by atoms with van der Waals surface area (Å²) in [6, 6.07) is 5.01. The van der Waals surface area contributed by atoms with Crippen molar-refractivity contribution in [3.8, 4) is 11.4 Å². The van der Waals surface area contributed by atoms with E-state index in [9.17, 15) is 9.59 Å². The molecule has 1 N–H and O–H groups in total. The molecule has 0 unspecified atom stereocenters. The Morgan fingerprint density at radius 3 is 3.00 bits per heavy atom. The van der Waals surface area contributed by atoms with Crippen LogP contribution in [0.25, 0.3) is 11.4 Å². The number of rotatable bonds is 7. The third-order valence-electron chi connectivity index (χ3n) is 2.96. The van der Waals surface area contributed by atoms with Gasteiger partial charge in [-0.3, -0.25) is 9.59 Å². The summed E-state index contributed by atoms with van der Waals surface area (Å²) in [5, 5.41) is 10.2. The summed E-state index contributed by atoms with van der Waals surface area (Å²) in [6.45, 7) is 0.0322. The number of thiophene rings is 1. The van der Waals surface area contributed by atoms with Gasteiger partial charge in [-0.25, -0.2) is 0 Å². The average Bonchev–Trinajstić information content (AvgIpc) is 3.34. The van der Waals surface area contributed by atoms with Gasteiger partial charge in [0.05, 0.1) is 12.7 Å². The van der Waals surface area contributed by atoms with E-state index in [0.29, 0.717) is 5.82 Å². The number of carbonyl (C=O) groups excluding carboxylic acids is 2. The summed E-state index contributed by atoms with van der Waals surface area (Å²) in [4.78, 5) is 27.4. The quantitative estimate of drug-likeness (QED) is 0.653. The van der Waals surface area contributed by atoms with Crippen LogP contribution in [-0.2, 0) is 16.1 Å². The van der Waals surface area contributed by atoms with Crippen LogP contribution < -0.4 is 5.32 Å². The highest BCUT2D eigenvalue weighted by molar-refractivity contribution is 7.08. The van der Waals surface area contributed by atoms with E-state index in [1.165, 1.54) is 23.7 Å². The SMILES string of the molecule is O=C(CCNC(=O)c1ccco1)OCc1nc(-c2ccsc2)no1. The molecule has 3 rings (SSSR count). The number of ether oxygens (including phenoxy) is 1. The van der Waals surface area contributed by atoms with Gasteiger partial charge in [0.2, 0.25) is 5.82 Å². The molecule has 0 radical (unpaired) electrons. The number of aromatic nitrogens is 2. The van der Waals surface area contributed by atoms with E-state index < -0.39 is 5.97 Å². The van der Waals surface area contributed by atoms with E-state index in [0.717, 1.165) is 5.56 Å². The summed E-state index contributed by atoms with van der Waals surface area (Å²) in [5.41, 5.74) is 0.849. The zero-order valence-corrected chi connectivity index (χ0v) is 13.2. The number of amides is 1. The van der Waals surface area contributed by atoms with Gasteiger partial charge in [-0.15, -0.1) is 0 Å². The minimum absolute atomic E-state index is 0.0258. The van der Waals surface area contributed by atoms with Crippen molar-refractivity contribution in [1.29, 1.82) is 0 Å². The molecule has 24 heavy (non-hydrogen) atoms. The first kappa shape index (κ1) is 15.9. The molecule has 9 heteroatoms. The van der Waals surface area contributed by atoms with Crippen molar-refractivity contribution in [3.05, 3.63) is 46.9 Å². The second kappa shape index (κ2) is 7.55. The van der Waals surface area contributed by atoms with Crippen LogP contribution in [0.15, 0.2) is 44.2 Å². The first-order valence-electron chi connectivity index (χ1n) is 7.05. The Morgan fingerprint density at radius 1 is 1.33 bits per heavy atom. The Morgan fingerprint density at radius 2 is 2.25 bits per heavy atom. The Labute approximate surface area is 140 Å². The molecule has 124 valence electrons. The molecule has 3 aromatic heterocycles. The zero-order valence-electron chi connectivity index (χ0n) is 12.4. The maximum atomic E-state index is 11.6. The highest BCUT2D eigenvalue weighted by Gasteiger charge is 2.12. The van der Waals surface area contributed by atoms with Crippen LogP contribution in [0.4, 0.5) is 0 Å². The Bertz CT molecular complexity index is 795. The standard InChI is InChI=1S/C15H13N3O5S/c19-13(3-5-16-15(20)11-2-1-6-21-11)22-8-12-17-14(18-23-12)10-4-7-24-9-10/h1-2,4,6-7,9H,3,5,8H2,(H,16,20). The molecule has 8 nitrogen and oxygen atoms in total. The minimum Gasteiger partial charge on any atom is -0.459 e. The molecule has 0 aromatic carbocycles. The molecule has 0 saturated carbocycles. The van der Waals surface area contributed by atoms with Gasteiger partial charge in [0.25, 0.3) is 11.8 Å². The third-order valence-corrected chi connectivity index (χ3v) is 3.65. The lowest BCUT2D eigenvalue weighted by Crippen LogP contribution is -2.26. The molecule has 0 aliphatic rings. The zero-order chi connectivity index (χ0) is 16.8. The van der Waals surface area contributed by atoms with Crippen LogP contribution >= 0.6 is 11.3 Å². The van der Waals surface area contributed by atoms with Crippen molar-refractivity contribution in [1.82, 2.24) is 15.5 Å². The number of esters is 1. The number of nitrogens with one attached hydrogen (secondary N) is 1. The first-order valence-corrected chi connectivity index (χ1v) is 7.99. The molecule has 0 fully saturated rings. The van der Waals surface area contributed by atoms with Crippen LogP contribution in [0.2, 0.25) is 0 Å². The van der Waals surface area contributed by atoms with E-state index in [1.54, 1.807) is 6.07 Å². The summed E-state index contributed by atoms with van der Waals surface area (Å²) in [7, 11) is 0. The van der Waals surface area contributed by atoms with Gasteiger partial charge in [0, 0.05) is 17.5 Å². The van der Waals surface area contributed by atoms with Gasteiger partial charge in [-0.1, -0.05) is 5.16 Å². The van der Waals surface area contributed by atoms with Crippen LogP contribution in [0.3, 0.4) is 0 Å². The average molecular weight is 347 g/mol. The van der Waals surface area contributed by atoms with Gasteiger partial charge in [0.15, 0.2) is 12.4 Å². The fraction of sp³-hybridized carbons (Fsp3) is 0.200. The molecule has 0 aliphatic heterocycles. The molecule has 3 aromatic rings. The number of hydrogen-bond donors (Lipinski definition) is 1. The van der Waals surface area contributed by atoms with Gasteiger partial charge >= 0.3 is 5.97 Å². The monoisotopic (exact) mass is 347 g/mol. The lowest BCUT2D eigenvalue weighted by molar-refractivity contribution is -0.145. The number of nitrogens with zero attached hydrogens (tertiary/aromatic N) is 2. The molecule has 0 atom stereocenters. The van der Waals surface area contributed by atoms with Crippen molar-refractivity contribution in [2.75, 3.05) is 6.54 Å². The summed E-state index contributed by atoms with van der Waals surface area (Å²) in [5.74, 6) is -0.0116. The molecule has 0 bridgehead atoms. The van der Waals surface area contributed by atoms with Crippen LogP contribution in [0.5, 0.6) is 0 Å². The smallest absolute Gasteiger partial charge is 0.308 e. The van der Waals surface area contributed by atoms with Gasteiger partial charge < -0.3 is 19.0 Å². The lowest BCUT2D eigenvalue weighted by Gasteiger charge is -2.03. The Balaban J connectivity index is 1.39. The fourth-order valence-corrected chi connectivity index (χ4v) is 2.44. The first-order chi connectivity index (χ1) is 11.7. The van der Waals surface area contributed by atoms with Crippen LogP contribution in [0, 0.1) is 0 Å². The third kappa shape index (κ3) is 4.07. The molecule has 3 heterocycles. The van der Waals surface area contributed by atoms with Crippen molar-refractivity contribution in [2.45, 2.75) is 13.0 Å². The van der Waals surface area contributed by atoms with Crippen molar-refractivity contribution >= 4 is 23.2 Å². The molecular weight excluding hydrogens is 334 g/mol. The van der Waals surface area contributed by atoms with Crippen LogP contribution in [0.1, 0.15) is 22.9 Å². The summed E-state index contributed by atoms with van der Waals surface area (Å²) < 4.78 is 15.0. The highest BCUT2D eigenvalue weighted by atomic mass is 32.1. The maximum Gasteiger partial charge on any atom is 0.308 e. The molecular formula is C15H13N3O5S. The minimum atomic E-state index is -0.481. The van der Waals surface area contributed by atoms with Crippen molar-refractivity contribution in [3.63, 3.8) is 0 Å². The number of furan rings is 1. The van der Waals surface area contributed by atoms with Gasteiger partial charge in [0.1, 0.15) is 0 Å². The summed E-state index contributed by atoms with van der Waals surface area (Å²) >= 11 is 1.52. The van der Waals surface area contributed by atoms with E-state index in [2.05, 4.69) is 15.5 Å². The molecule has 0 aliphatic carbocycles. The Hall–Kier alpha value is -2.94. The van der Waals surface area contributed by atoms with E-state index in [-0.39, 0.29) is 37.1 Å². The van der Waals surface area contributed by atoms with Crippen molar-refractivity contribution in [2.24, 2.45) is 0 Å². The second-order valence-electron chi connectivity index (χ2n) is 4.67. The second-order valence-corrected chi connectivity index (χ2v) is 5.45. The predicted molar refractivity (Wildman–Crippen MR) is 83.1 cm³/mol. The lowest BCUT2D eigenvalue weighted by atomic mass is 10.3. The van der Waals surface area contributed by atoms with Crippen LogP contribution in [-0.4, -0.2) is 28.6 Å². The van der Waals surface area contributed by atoms with Gasteiger partial charge in [-0.2, -0.15) is 16.3 Å². The topological polar surface area (TPSA) is 107 Å². The largest absolute Gasteiger partial charge is 0.459 e.